The van der Waals surface area contributed by atoms with E-state index in [0.717, 1.165) is 5.56 Å². The van der Waals surface area contributed by atoms with Crippen molar-refractivity contribution in [3.05, 3.63) is 64.2 Å². The first-order valence-electron chi connectivity index (χ1n) is 7.63. The van der Waals surface area contributed by atoms with Gasteiger partial charge >= 0.3 is 0 Å². The monoisotopic (exact) mass is 356 g/mol. The summed E-state index contributed by atoms with van der Waals surface area (Å²) >= 11 is 5.82. The van der Waals surface area contributed by atoms with Crippen LogP contribution in [0, 0.1) is 11.3 Å². The van der Waals surface area contributed by atoms with E-state index in [1.807, 2.05) is 6.07 Å². The lowest BCUT2D eigenvalue weighted by Crippen LogP contribution is -2.23. The van der Waals surface area contributed by atoms with Crippen molar-refractivity contribution < 1.29 is 14.6 Å². The number of nitrogens with one attached hydrogen (secondary N) is 1. The van der Waals surface area contributed by atoms with Crippen molar-refractivity contribution in [2.75, 3.05) is 6.61 Å². The minimum Gasteiger partial charge on any atom is -0.504 e. The zero-order chi connectivity index (χ0) is 18.2. The topological polar surface area (TPSA) is 82.3 Å². The summed E-state index contributed by atoms with van der Waals surface area (Å²) in [6.07, 6.45) is 1.44. The molecule has 1 amide bonds. The molecule has 0 aliphatic carbocycles. The van der Waals surface area contributed by atoms with Gasteiger partial charge in [0.15, 0.2) is 11.5 Å². The van der Waals surface area contributed by atoms with E-state index in [1.165, 1.54) is 12.1 Å². The number of carbonyl (C=O) groups excluding carboxylic acids is 1. The van der Waals surface area contributed by atoms with Crippen molar-refractivity contribution >= 4 is 23.6 Å². The Balaban J connectivity index is 2.11. The normalized spacial score (nSPS) is 10.8. The Bertz CT molecular complexity index is 824. The number of ether oxygens (including phenoxy) is 1. The fourth-order valence-electron chi connectivity index (χ4n) is 2.09. The fourth-order valence-corrected chi connectivity index (χ4v) is 2.21. The Labute approximate surface area is 151 Å². The number of halogens is 1. The van der Waals surface area contributed by atoms with Crippen LogP contribution in [0.1, 0.15) is 18.1 Å². The van der Waals surface area contributed by atoms with E-state index in [9.17, 15) is 15.2 Å². The third-order valence-corrected chi connectivity index (χ3v) is 3.58. The molecule has 0 saturated heterocycles. The van der Waals surface area contributed by atoms with Crippen LogP contribution in [0.4, 0.5) is 0 Å². The fraction of sp³-hybridized carbons (Fsp3) is 0.158. The number of phenolic OH excluding ortho intramolecular Hbond substituents is 1. The van der Waals surface area contributed by atoms with Gasteiger partial charge < -0.3 is 15.2 Å². The summed E-state index contributed by atoms with van der Waals surface area (Å²) in [4.78, 5) is 12.2. The zero-order valence-corrected chi connectivity index (χ0v) is 14.4. The highest BCUT2D eigenvalue weighted by atomic mass is 35.5. The van der Waals surface area contributed by atoms with Gasteiger partial charge in [0, 0.05) is 11.6 Å². The van der Waals surface area contributed by atoms with E-state index in [4.69, 9.17) is 16.3 Å². The molecule has 0 radical (unpaired) electrons. The second kappa shape index (κ2) is 8.76. The molecule has 0 heterocycles. The van der Waals surface area contributed by atoms with Gasteiger partial charge in [0.05, 0.1) is 6.61 Å². The Morgan fingerprint density at radius 2 is 2.04 bits per heavy atom. The molecule has 2 aromatic carbocycles. The first-order chi connectivity index (χ1) is 12.0. The van der Waals surface area contributed by atoms with Gasteiger partial charge in [0.2, 0.25) is 0 Å². The summed E-state index contributed by atoms with van der Waals surface area (Å²) in [6.45, 7) is 2.48. The second-order valence-corrected chi connectivity index (χ2v) is 5.58. The lowest BCUT2D eigenvalue weighted by molar-refractivity contribution is -0.117. The minimum absolute atomic E-state index is 0.00435. The van der Waals surface area contributed by atoms with Crippen LogP contribution >= 0.6 is 11.6 Å². The highest BCUT2D eigenvalue weighted by Gasteiger charge is 2.10. The summed E-state index contributed by atoms with van der Waals surface area (Å²) in [6, 6.07) is 13.6. The molecule has 0 aliphatic rings. The van der Waals surface area contributed by atoms with Crippen LogP contribution < -0.4 is 10.1 Å². The molecule has 128 valence electrons. The van der Waals surface area contributed by atoms with Crippen LogP contribution in [0.5, 0.6) is 11.5 Å². The predicted molar refractivity (Wildman–Crippen MR) is 96.2 cm³/mol. The van der Waals surface area contributed by atoms with Crippen LogP contribution in [-0.2, 0) is 11.3 Å². The van der Waals surface area contributed by atoms with Gasteiger partial charge in [-0.05, 0) is 48.4 Å². The molecular formula is C19H17ClN2O3. The SMILES string of the molecule is CCOc1cc(C=C(C#N)C(=O)NCc2ccc(Cl)cc2)ccc1O. The Kier molecular flexibility index (Phi) is 6.44. The summed E-state index contributed by atoms with van der Waals surface area (Å²) in [5.74, 6) is -0.178. The molecule has 6 heteroatoms. The Morgan fingerprint density at radius 1 is 1.32 bits per heavy atom. The first-order valence-corrected chi connectivity index (χ1v) is 8.01. The average Bonchev–Trinajstić information content (AvgIpc) is 2.61. The molecule has 2 N–H and O–H groups in total. The lowest BCUT2D eigenvalue weighted by atomic mass is 10.1. The van der Waals surface area contributed by atoms with Crippen molar-refractivity contribution in [1.29, 1.82) is 5.26 Å². The third kappa shape index (κ3) is 5.27. The average molecular weight is 357 g/mol. The molecule has 5 nitrogen and oxygen atoms in total. The minimum atomic E-state index is -0.483. The Morgan fingerprint density at radius 3 is 2.68 bits per heavy atom. The van der Waals surface area contributed by atoms with E-state index in [1.54, 1.807) is 43.3 Å². The largest absolute Gasteiger partial charge is 0.504 e. The lowest BCUT2D eigenvalue weighted by Gasteiger charge is -2.07. The molecule has 25 heavy (non-hydrogen) atoms. The van der Waals surface area contributed by atoms with Gasteiger partial charge in [-0.1, -0.05) is 29.8 Å². The van der Waals surface area contributed by atoms with Gasteiger partial charge in [0.1, 0.15) is 11.6 Å². The summed E-state index contributed by atoms with van der Waals surface area (Å²) in [5.41, 5.74) is 1.42. The van der Waals surface area contributed by atoms with E-state index in [2.05, 4.69) is 5.32 Å². The quantitative estimate of drug-likeness (QED) is 0.611. The molecule has 0 bridgehead atoms. The van der Waals surface area contributed by atoms with E-state index < -0.39 is 5.91 Å². The number of rotatable bonds is 6. The zero-order valence-electron chi connectivity index (χ0n) is 13.6. The molecule has 0 atom stereocenters. The number of nitrogens with zero attached hydrogens (tertiary/aromatic N) is 1. The van der Waals surface area contributed by atoms with Gasteiger partial charge in [0.25, 0.3) is 5.91 Å². The number of benzene rings is 2. The number of aromatic hydroxyl groups is 1. The van der Waals surface area contributed by atoms with Crippen molar-refractivity contribution in [2.24, 2.45) is 0 Å². The highest BCUT2D eigenvalue weighted by molar-refractivity contribution is 6.30. The van der Waals surface area contributed by atoms with Crippen molar-refractivity contribution in [1.82, 2.24) is 5.32 Å². The summed E-state index contributed by atoms with van der Waals surface area (Å²) in [7, 11) is 0. The molecule has 0 spiro atoms. The summed E-state index contributed by atoms with van der Waals surface area (Å²) in [5, 5.41) is 22.2. The van der Waals surface area contributed by atoms with Crippen LogP contribution in [0.25, 0.3) is 6.08 Å². The Hall–Kier alpha value is -2.97. The molecule has 0 unspecified atom stereocenters. The maximum absolute atomic E-state index is 12.2. The maximum atomic E-state index is 12.2. The number of amides is 1. The van der Waals surface area contributed by atoms with Gasteiger partial charge in [-0.3, -0.25) is 4.79 Å². The number of hydrogen-bond acceptors (Lipinski definition) is 4. The van der Waals surface area contributed by atoms with Crippen LogP contribution in [0.3, 0.4) is 0 Å². The van der Waals surface area contributed by atoms with E-state index >= 15 is 0 Å². The number of carbonyl (C=O) groups is 1. The number of phenols is 1. The van der Waals surface area contributed by atoms with Crippen LogP contribution in [-0.4, -0.2) is 17.6 Å². The molecule has 0 fully saturated rings. The number of nitriles is 1. The number of hydrogen-bond donors (Lipinski definition) is 2. The predicted octanol–water partition coefficient (Wildman–Crippen LogP) is 3.67. The third-order valence-electron chi connectivity index (χ3n) is 3.33. The smallest absolute Gasteiger partial charge is 0.262 e. The van der Waals surface area contributed by atoms with Crippen molar-refractivity contribution in [3.63, 3.8) is 0 Å². The highest BCUT2D eigenvalue weighted by Crippen LogP contribution is 2.27. The van der Waals surface area contributed by atoms with E-state index in [-0.39, 0.29) is 17.9 Å². The molecule has 0 aliphatic heterocycles. The van der Waals surface area contributed by atoms with Gasteiger partial charge in [-0.2, -0.15) is 5.26 Å². The molecule has 2 rings (SSSR count). The molecule has 0 saturated carbocycles. The standard InChI is InChI=1S/C19H17ClN2O3/c1-2-25-18-10-14(5-8-17(18)23)9-15(11-21)19(24)22-12-13-3-6-16(20)7-4-13/h3-10,23H,2,12H2,1H3,(H,22,24). The van der Waals surface area contributed by atoms with Gasteiger partial charge in [-0.25, -0.2) is 0 Å². The van der Waals surface area contributed by atoms with Crippen molar-refractivity contribution in [2.45, 2.75) is 13.5 Å². The van der Waals surface area contributed by atoms with E-state index in [0.29, 0.717) is 22.9 Å². The van der Waals surface area contributed by atoms with Crippen molar-refractivity contribution in [3.8, 4) is 17.6 Å². The van der Waals surface area contributed by atoms with Crippen LogP contribution in [0.2, 0.25) is 5.02 Å². The van der Waals surface area contributed by atoms with Crippen LogP contribution in [0.15, 0.2) is 48.0 Å². The summed E-state index contributed by atoms with van der Waals surface area (Å²) < 4.78 is 5.29. The molecule has 0 aromatic heterocycles. The molecule has 2 aromatic rings. The maximum Gasteiger partial charge on any atom is 0.262 e. The molecular weight excluding hydrogens is 340 g/mol. The second-order valence-electron chi connectivity index (χ2n) is 5.14. The van der Waals surface area contributed by atoms with Gasteiger partial charge in [-0.15, -0.1) is 0 Å². The first kappa shape index (κ1) is 18.4.